The number of phenolic OH excluding ortho intramolecular Hbond substituents is 1. The number of aromatic hydroxyl groups is 1. The molecule has 1 aromatic carbocycles. The summed E-state index contributed by atoms with van der Waals surface area (Å²) in [6, 6.07) is 5.99. The monoisotopic (exact) mass is 270 g/mol. The minimum Gasteiger partial charge on any atom is -0.508 e. The minimum atomic E-state index is -0.0461. The van der Waals surface area contributed by atoms with Crippen molar-refractivity contribution in [3.63, 3.8) is 0 Å². The lowest BCUT2D eigenvalue weighted by molar-refractivity contribution is -0.129. The lowest BCUT2D eigenvalue weighted by atomic mass is 9.55. The molecule has 1 aromatic rings. The standard InChI is InChI=1S/C18H22O2/c1-18-10-9-12-11-3-2-4-16(19)14(11)6-5-13(12)15(18)7-8-17(18)20/h2-4,12-13,15,19H,5-10H2,1H3/t12-,13-,15+,18+/m1/s1. The second kappa shape index (κ2) is 4.09. The highest BCUT2D eigenvalue weighted by molar-refractivity contribution is 5.87. The molecular weight excluding hydrogens is 248 g/mol. The summed E-state index contributed by atoms with van der Waals surface area (Å²) in [6.07, 6.45) is 6.14. The number of hydrogen-bond acceptors (Lipinski definition) is 2. The number of benzene rings is 1. The Morgan fingerprint density at radius 3 is 2.90 bits per heavy atom. The van der Waals surface area contributed by atoms with E-state index in [1.807, 2.05) is 12.1 Å². The van der Waals surface area contributed by atoms with E-state index in [1.165, 1.54) is 11.1 Å². The average Bonchev–Trinajstić information content (AvgIpc) is 2.75. The topological polar surface area (TPSA) is 37.3 Å². The fourth-order valence-corrected chi connectivity index (χ4v) is 5.37. The number of carbonyl (C=O) groups excluding carboxylic acids is 1. The first-order valence-corrected chi connectivity index (χ1v) is 7.95. The third-order valence-corrected chi connectivity index (χ3v) is 6.46. The molecule has 4 atom stereocenters. The van der Waals surface area contributed by atoms with Crippen LogP contribution in [0.1, 0.15) is 56.1 Å². The van der Waals surface area contributed by atoms with Crippen LogP contribution in [0.15, 0.2) is 18.2 Å². The van der Waals surface area contributed by atoms with Crippen molar-refractivity contribution in [3.05, 3.63) is 29.3 Å². The normalized spacial score (nSPS) is 39.0. The molecule has 2 fully saturated rings. The first-order chi connectivity index (χ1) is 9.61. The Morgan fingerprint density at radius 1 is 1.20 bits per heavy atom. The Balaban J connectivity index is 1.75. The van der Waals surface area contributed by atoms with E-state index in [0.717, 1.165) is 38.5 Å². The zero-order valence-electron chi connectivity index (χ0n) is 12.1. The fraction of sp³-hybridized carbons (Fsp3) is 0.611. The Morgan fingerprint density at radius 2 is 2.05 bits per heavy atom. The van der Waals surface area contributed by atoms with Crippen LogP contribution in [0.25, 0.3) is 0 Å². The summed E-state index contributed by atoms with van der Waals surface area (Å²) in [5.41, 5.74) is 2.49. The second-order valence-electron chi connectivity index (χ2n) is 7.18. The van der Waals surface area contributed by atoms with Gasteiger partial charge in [0.1, 0.15) is 11.5 Å². The minimum absolute atomic E-state index is 0.0461. The smallest absolute Gasteiger partial charge is 0.139 e. The lowest BCUT2D eigenvalue weighted by Gasteiger charge is -2.48. The number of Topliss-reactive ketones (excluding diaryl/α,β-unsaturated/α-hetero) is 1. The van der Waals surface area contributed by atoms with Gasteiger partial charge in [-0.05, 0) is 67.1 Å². The van der Waals surface area contributed by atoms with Crippen LogP contribution in [0.3, 0.4) is 0 Å². The molecule has 3 aliphatic rings. The van der Waals surface area contributed by atoms with E-state index in [1.54, 1.807) is 0 Å². The van der Waals surface area contributed by atoms with E-state index in [9.17, 15) is 9.90 Å². The van der Waals surface area contributed by atoms with Crippen molar-refractivity contribution in [2.75, 3.05) is 0 Å². The highest BCUT2D eigenvalue weighted by Crippen LogP contribution is 2.59. The molecule has 1 N–H and O–H groups in total. The van der Waals surface area contributed by atoms with Crippen LogP contribution in [0.4, 0.5) is 0 Å². The van der Waals surface area contributed by atoms with Gasteiger partial charge in [0.25, 0.3) is 0 Å². The van der Waals surface area contributed by atoms with E-state index in [-0.39, 0.29) is 5.41 Å². The highest BCUT2D eigenvalue weighted by Gasteiger charge is 2.54. The molecule has 2 saturated carbocycles. The number of ketones is 1. The number of phenols is 1. The van der Waals surface area contributed by atoms with E-state index in [4.69, 9.17) is 0 Å². The fourth-order valence-electron chi connectivity index (χ4n) is 5.37. The van der Waals surface area contributed by atoms with Gasteiger partial charge in [-0.2, -0.15) is 0 Å². The molecule has 0 amide bonds. The molecule has 20 heavy (non-hydrogen) atoms. The van der Waals surface area contributed by atoms with Crippen molar-refractivity contribution < 1.29 is 9.90 Å². The van der Waals surface area contributed by atoms with Gasteiger partial charge in [0.2, 0.25) is 0 Å². The molecule has 0 aliphatic heterocycles. The molecule has 0 heterocycles. The first-order valence-electron chi connectivity index (χ1n) is 7.95. The maximum absolute atomic E-state index is 12.3. The van der Waals surface area contributed by atoms with Crippen LogP contribution >= 0.6 is 0 Å². The van der Waals surface area contributed by atoms with Crippen molar-refractivity contribution in [1.82, 2.24) is 0 Å². The van der Waals surface area contributed by atoms with Crippen LogP contribution in [0, 0.1) is 17.3 Å². The average molecular weight is 270 g/mol. The highest BCUT2D eigenvalue weighted by atomic mass is 16.3. The summed E-state index contributed by atoms with van der Waals surface area (Å²) in [5.74, 6) is 2.76. The van der Waals surface area contributed by atoms with Crippen molar-refractivity contribution in [1.29, 1.82) is 0 Å². The third kappa shape index (κ3) is 1.48. The molecule has 0 aromatic heterocycles. The number of rotatable bonds is 0. The molecule has 0 radical (unpaired) electrons. The van der Waals surface area contributed by atoms with Crippen molar-refractivity contribution in [2.45, 2.75) is 51.4 Å². The summed E-state index contributed by atoms with van der Waals surface area (Å²) in [7, 11) is 0. The second-order valence-corrected chi connectivity index (χ2v) is 7.18. The zero-order valence-corrected chi connectivity index (χ0v) is 12.1. The van der Waals surface area contributed by atoms with E-state index < -0.39 is 0 Å². The van der Waals surface area contributed by atoms with Gasteiger partial charge < -0.3 is 5.11 Å². The lowest BCUT2D eigenvalue weighted by Crippen LogP contribution is -2.42. The molecule has 4 rings (SSSR count). The molecular formula is C18H22O2. The van der Waals surface area contributed by atoms with Gasteiger partial charge >= 0.3 is 0 Å². The van der Waals surface area contributed by atoms with E-state index >= 15 is 0 Å². The Kier molecular flexibility index (Phi) is 2.55. The van der Waals surface area contributed by atoms with Gasteiger partial charge in [-0.15, -0.1) is 0 Å². The van der Waals surface area contributed by atoms with Gasteiger partial charge in [-0.3, -0.25) is 4.79 Å². The Labute approximate surface area is 120 Å². The zero-order chi connectivity index (χ0) is 13.9. The van der Waals surface area contributed by atoms with Crippen LogP contribution in [-0.4, -0.2) is 10.9 Å². The van der Waals surface area contributed by atoms with Crippen LogP contribution in [0.2, 0.25) is 0 Å². The largest absolute Gasteiger partial charge is 0.508 e. The Bertz CT molecular complexity index is 577. The predicted octanol–water partition coefficient (Wildman–Crippen LogP) is 3.82. The molecule has 0 bridgehead atoms. The summed E-state index contributed by atoms with van der Waals surface area (Å²) < 4.78 is 0. The number of hydrogen-bond donors (Lipinski definition) is 1. The quantitative estimate of drug-likeness (QED) is 0.778. The van der Waals surface area contributed by atoms with Gasteiger partial charge in [0.15, 0.2) is 0 Å². The van der Waals surface area contributed by atoms with Gasteiger partial charge in [-0.1, -0.05) is 19.1 Å². The number of fused-ring (bicyclic) bond motifs is 5. The van der Waals surface area contributed by atoms with Gasteiger partial charge in [-0.25, -0.2) is 0 Å². The summed E-state index contributed by atoms with van der Waals surface area (Å²) in [5, 5.41) is 10.1. The van der Waals surface area contributed by atoms with Crippen LogP contribution in [-0.2, 0) is 11.2 Å². The predicted molar refractivity (Wildman–Crippen MR) is 77.7 cm³/mol. The molecule has 0 saturated heterocycles. The molecule has 0 unspecified atom stereocenters. The van der Waals surface area contributed by atoms with Crippen molar-refractivity contribution in [3.8, 4) is 5.75 Å². The molecule has 106 valence electrons. The van der Waals surface area contributed by atoms with E-state index in [0.29, 0.717) is 29.3 Å². The third-order valence-electron chi connectivity index (χ3n) is 6.46. The SMILES string of the molecule is C[C@]12CC[C@@H]3c4cccc(O)c4CC[C@H]3[C@@H]1CCC2=O. The summed E-state index contributed by atoms with van der Waals surface area (Å²) in [4.78, 5) is 12.3. The van der Waals surface area contributed by atoms with Gasteiger partial charge in [0.05, 0.1) is 0 Å². The van der Waals surface area contributed by atoms with Crippen LogP contribution in [0.5, 0.6) is 5.75 Å². The summed E-state index contributed by atoms with van der Waals surface area (Å²) >= 11 is 0. The summed E-state index contributed by atoms with van der Waals surface area (Å²) in [6.45, 7) is 2.21. The Hall–Kier alpha value is -1.31. The van der Waals surface area contributed by atoms with Crippen LogP contribution < -0.4 is 0 Å². The molecule has 2 nitrogen and oxygen atoms in total. The molecule has 3 aliphatic carbocycles. The number of carbonyl (C=O) groups is 1. The maximum atomic E-state index is 12.3. The maximum Gasteiger partial charge on any atom is 0.139 e. The molecule has 0 spiro atoms. The van der Waals surface area contributed by atoms with Gasteiger partial charge in [0, 0.05) is 11.8 Å². The first kappa shape index (κ1) is 12.4. The van der Waals surface area contributed by atoms with Crippen molar-refractivity contribution >= 4 is 5.78 Å². The molecule has 2 heteroatoms. The van der Waals surface area contributed by atoms with Crippen molar-refractivity contribution in [2.24, 2.45) is 17.3 Å². The van der Waals surface area contributed by atoms with E-state index in [2.05, 4.69) is 13.0 Å².